The van der Waals surface area contributed by atoms with Gasteiger partial charge in [0.2, 0.25) is 5.91 Å². The molecule has 1 aliphatic heterocycles. The number of nitrogen functional groups attached to an aromatic ring is 1. The highest BCUT2D eigenvalue weighted by atomic mass is 19.1. The van der Waals surface area contributed by atoms with Crippen molar-refractivity contribution in [3.63, 3.8) is 0 Å². The average molecular weight is 464 g/mol. The molecule has 2 heterocycles. The molecular weight excluding hydrogens is 439 g/mol. The van der Waals surface area contributed by atoms with E-state index in [1.807, 2.05) is 24.3 Å². The lowest BCUT2D eigenvalue weighted by molar-refractivity contribution is -0.134. The minimum absolute atomic E-state index is 0.0398. The second kappa shape index (κ2) is 9.86. The van der Waals surface area contributed by atoms with E-state index < -0.39 is 11.8 Å². The molecule has 1 atom stereocenters. The first-order valence-corrected chi connectivity index (χ1v) is 10.8. The summed E-state index contributed by atoms with van der Waals surface area (Å²) in [5, 5.41) is 0. The fourth-order valence-electron chi connectivity index (χ4n) is 4.02. The lowest BCUT2D eigenvalue weighted by Crippen LogP contribution is -2.38. The Balaban J connectivity index is 1.56. The van der Waals surface area contributed by atoms with Crippen LogP contribution in [0.1, 0.15) is 40.4 Å². The Morgan fingerprint density at radius 2 is 1.97 bits per heavy atom. The fraction of sp³-hybridized carbons (Fsp3) is 0.280. The first kappa shape index (κ1) is 23.2. The number of methoxy groups -OCH3 is 2. The predicted octanol–water partition coefficient (Wildman–Crippen LogP) is 3.57. The lowest BCUT2D eigenvalue weighted by atomic mass is 9.94. The number of hydrogen-bond donors (Lipinski definition) is 1. The average Bonchev–Trinajstić information content (AvgIpc) is 2.85. The summed E-state index contributed by atoms with van der Waals surface area (Å²) in [5.74, 6) is -0.549. The van der Waals surface area contributed by atoms with Crippen LogP contribution in [0.4, 0.5) is 10.2 Å². The summed E-state index contributed by atoms with van der Waals surface area (Å²) in [6, 6.07) is 11.7. The van der Waals surface area contributed by atoms with Crippen molar-refractivity contribution in [1.82, 2.24) is 14.9 Å². The largest absolute Gasteiger partial charge is 0.497 e. The molecule has 3 aromatic rings. The number of esters is 1. The smallest absolute Gasteiger partial charge is 0.340 e. The number of aromatic nitrogens is 2. The molecule has 1 amide bonds. The lowest BCUT2D eigenvalue weighted by Gasteiger charge is -2.32. The molecule has 9 heteroatoms. The molecule has 1 aromatic heterocycles. The number of ether oxygens (including phenoxy) is 2. The van der Waals surface area contributed by atoms with Crippen LogP contribution in [0.2, 0.25) is 0 Å². The van der Waals surface area contributed by atoms with Gasteiger partial charge in [0.15, 0.2) is 0 Å². The zero-order chi connectivity index (χ0) is 24.2. The molecule has 0 spiro atoms. The van der Waals surface area contributed by atoms with Crippen molar-refractivity contribution in [3.05, 3.63) is 71.3 Å². The topological polar surface area (TPSA) is 108 Å². The van der Waals surface area contributed by atoms with Gasteiger partial charge in [-0.25, -0.2) is 19.2 Å². The quantitative estimate of drug-likeness (QED) is 0.556. The molecule has 8 nitrogen and oxygen atoms in total. The predicted molar refractivity (Wildman–Crippen MR) is 124 cm³/mol. The third-order valence-corrected chi connectivity index (χ3v) is 5.92. The van der Waals surface area contributed by atoms with E-state index in [0.29, 0.717) is 42.9 Å². The van der Waals surface area contributed by atoms with E-state index in [4.69, 9.17) is 10.5 Å². The molecule has 0 aliphatic carbocycles. The zero-order valence-corrected chi connectivity index (χ0v) is 19.0. The van der Waals surface area contributed by atoms with Gasteiger partial charge in [-0.2, -0.15) is 0 Å². The van der Waals surface area contributed by atoms with Gasteiger partial charge in [0.05, 0.1) is 31.7 Å². The van der Waals surface area contributed by atoms with Crippen molar-refractivity contribution in [2.45, 2.75) is 25.3 Å². The first-order chi connectivity index (χ1) is 16.4. The van der Waals surface area contributed by atoms with Crippen LogP contribution in [-0.2, 0) is 16.1 Å². The number of amides is 1. The van der Waals surface area contributed by atoms with Crippen LogP contribution in [-0.4, -0.2) is 47.5 Å². The highest BCUT2D eigenvalue weighted by molar-refractivity contribution is 5.90. The maximum Gasteiger partial charge on any atom is 0.340 e. The number of likely N-dealkylation sites (tertiary alicyclic amines) is 1. The van der Waals surface area contributed by atoms with Crippen LogP contribution < -0.4 is 10.5 Å². The highest BCUT2D eigenvalue weighted by Crippen LogP contribution is 2.31. The number of halogens is 1. The molecular formula is C25H25FN4O4. The first-order valence-electron chi connectivity index (χ1n) is 10.8. The van der Waals surface area contributed by atoms with Gasteiger partial charge < -0.3 is 20.1 Å². The van der Waals surface area contributed by atoms with Gasteiger partial charge in [0.25, 0.3) is 0 Å². The summed E-state index contributed by atoms with van der Waals surface area (Å²) >= 11 is 0. The van der Waals surface area contributed by atoms with E-state index in [9.17, 15) is 14.0 Å². The summed E-state index contributed by atoms with van der Waals surface area (Å²) in [6.07, 6.45) is 2.63. The number of hydrogen-bond acceptors (Lipinski definition) is 7. The molecule has 4 rings (SSSR count). The Morgan fingerprint density at radius 1 is 1.21 bits per heavy atom. The van der Waals surface area contributed by atoms with Gasteiger partial charge in [0.1, 0.15) is 23.1 Å². The van der Waals surface area contributed by atoms with E-state index in [2.05, 4.69) is 14.7 Å². The fourth-order valence-corrected chi connectivity index (χ4v) is 4.02. The number of anilines is 1. The molecule has 0 radical (unpaired) electrons. The standard InChI is InChI=1S/C25H25FN4O4/c1-33-18-7-3-15(4-8-18)13-30-14-17(6-10-22(30)31)21-12-28-24(27)23(29-21)16-5-9-19(20(26)11-16)25(32)34-2/h3-5,7-9,11-12,17H,6,10,13-14H2,1-2H3,(H2,27,28). The van der Waals surface area contributed by atoms with Gasteiger partial charge in [-0.3, -0.25) is 4.79 Å². The van der Waals surface area contributed by atoms with Crippen LogP contribution in [0, 0.1) is 5.82 Å². The van der Waals surface area contributed by atoms with Crippen LogP contribution in [0.5, 0.6) is 5.75 Å². The number of rotatable bonds is 6. The third-order valence-electron chi connectivity index (χ3n) is 5.92. The maximum atomic E-state index is 14.5. The second-order valence-corrected chi connectivity index (χ2v) is 8.07. The molecule has 1 unspecified atom stereocenters. The number of nitrogens with two attached hydrogens (primary N) is 1. The second-order valence-electron chi connectivity index (χ2n) is 8.07. The minimum atomic E-state index is -0.763. The molecule has 0 bridgehead atoms. The van der Waals surface area contributed by atoms with Crippen LogP contribution in [0.25, 0.3) is 11.3 Å². The van der Waals surface area contributed by atoms with Crippen molar-refractivity contribution >= 4 is 17.7 Å². The van der Waals surface area contributed by atoms with Crippen molar-refractivity contribution in [2.24, 2.45) is 0 Å². The van der Waals surface area contributed by atoms with E-state index in [0.717, 1.165) is 11.3 Å². The van der Waals surface area contributed by atoms with E-state index in [-0.39, 0.29) is 23.2 Å². The molecule has 0 saturated carbocycles. The van der Waals surface area contributed by atoms with Gasteiger partial charge in [-0.05, 0) is 36.2 Å². The van der Waals surface area contributed by atoms with Crippen LogP contribution in [0.15, 0.2) is 48.7 Å². The SMILES string of the molecule is COC(=O)c1ccc(-c2nc(C3CCC(=O)N(Cc4ccc(OC)cc4)C3)cnc2N)cc1F. The molecule has 2 N–H and O–H groups in total. The van der Waals surface area contributed by atoms with Gasteiger partial charge in [0, 0.05) is 31.0 Å². The van der Waals surface area contributed by atoms with Gasteiger partial charge in [-0.1, -0.05) is 18.2 Å². The van der Waals surface area contributed by atoms with Crippen molar-refractivity contribution in [2.75, 3.05) is 26.5 Å². The van der Waals surface area contributed by atoms with Crippen molar-refractivity contribution < 1.29 is 23.5 Å². The van der Waals surface area contributed by atoms with Crippen molar-refractivity contribution in [1.29, 1.82) is 0 Å². The highest BCUT2D eigenvalue weighted by Gasteiger charge is 2.28. The molecule has 1 aliphatic rings. The minimum Gasteiger partial charge on any atom is -0.497 e. The number of carbonyl (C=O) groups excluding carboxylic acids is 2. The Kier molecular flexibility index (Phi) is 6.72. The number of benzene rings is 2. The summed E-state index contributed by atoms with van der Waals surface area (Å²) < 4.78 is 24.2. The molecule has 176 valence electrons. The molecule has 34 heavy (non-hydrogen) atoms. The monoisotopic (exact) mass is 464 g/mol. The maximum absolute atomic E-state index is 14.5. The Morgan fingerprint density at radius 3 is 2.65 bits per heavy atom. The Bertz CT molecular complexity index is 1220. The summed E-state index contributed by atoms with van der Waals surface area (Å²) in [7, 11) is 2.80. The van der Waals surface area contributed by atoms with E-state index >= 15 is 0 Å². The van der Waals surface area contributed by atoms with Gasteiger partial charge >= 0.3 is 5.97 Å². The van der Waals surface area contributed by atoms with Gasteiger partial charge in [-0.15, -0.1) is 0 Å². The third kappa shape index (κ3) is 4.83. The van der Waals surface area contributed by atoms with E-state index in [1.165, 1.54) is 19.2 Å². The Labute approximate surface area is 196 Å². The summed E-state index contributed by atoms with van der Waals surface area (Å²) in [6.45, 7) is 0.966. The molecule has 1 fully saturated rings. The number of nitrogens with zero attached hydrogens (tertiary/aromatic N) is 3. The molecule has 1 saturated heterocycles. The zero-order valence-electron chi connectivity index (χ0n) is 19.0. The normalized spacial score (nSPS) is 15.8. The molecule has 2 aromatic carbocycles. The van der Waals surface area contributed by atoms with Crippen molar-refractivity contribution in [3.8, 4) is 17.0 Å². The number of carbonyl (C=O) groups is 2. The van der Waals surface area contributed by atoms with Crippen LogP contribution in [0.3, 0.4) is 0 Å². The Hall–Kier alpha value is -4.01. The number of piperidine rings is 1. The summed E-state index contributed by atoms with van der Waals surface area (Å²) in [4.78, 5) is 35.0. The van der Waals surface area contributed by atoms with Crippen LogP contribution >= 0.6 is 0 Å². The summed E-state index contributed by atoms with van der Waals surface area (Å²) in [5.41, 5.74) is 8.27. The van der Waals surface area contributed by atoms with E-state index in [1.54, 1.807) is 24.3 Å².